The van der Waals surface area contributed by atoms with Crippen LogP contribution >= 0.6 is 14.3 Å². The Bertz CT molecular complexity index is 1710. The number of ether oxygens (including phenoxy) is 2. The normalized spacial score (nSPS) is 11.7. The maximum absolute atomic E-state index is 14.9. The number of hydrogen-bond donors (Lipinski definition) is 0. The molecule has 0 unspecified atom stereocenters. The first-order valence-corrected chi connectivity index (χ1v) is 18.8. The van der Waals surface area contributed by atoms with Gasteiger partial charge < -0.3 is 18.6 Å². The minimum atomic E-state index is -3.13. The molecular formula is C40H36O4P2. The summed E-state index contributed by atoms with van der Waals surface area (Å²) in [6.07, 6.45) is 0. The Morgan fingerprint density at radius 2 is 0.609 bits per heavy atom. The molecule has 0 fully saturated rings. The van der Waals surface area contributed by atoms with Gasteiger partial charge in [0.05, 0.1) is 26.4 Å². The minimum Gasteiger partial charge on any atom is -0.374 e. The highest BCUT2D eigenvalue weighted by Gasteiger charge is 2.32. The van der Waals surface area contributed by atoms with Gasteiger partial charge in [-0.15, -0.1) is 0 Å². The fourth-order valence-corrected chi connectivity index (χ4v) is 11.5. The third kappa shape index (κ3) is 6.63. The van der Waals surface area contributed by atoms with E-state index in [4.69, 9.17) is 9.47 Å². The number of rotatable bonds is 13. The van der Waals surface area contributed by atoms with E-state index in [0.717, 1.165) is 43.0 Å². The van der Waals surface area contributed by atoms with E-state index >= 15 is 0 Å². The van der Waals surface area contributed by atoms with Crippen LogP contribution in [0.2, 0.25) is 0 Å². The van der Waals surface area contributed by atoms with E-state index in [-0.39, 0.29) is 0 Å². The fourth-order valence-electron chi connectivity index (χ4n) is 5.77. The molecule has 0 radical (unpaired) electrons. The van der Waals surface area contributed by atoms with Crippen LogP contribution in [0.3, 0.4) is 0 Å². The van der Waals surface area contributed by atoms with Crippen molar-refractivity contribution in [3.05, 3.63) is 181 Å². The van der Waals surface area contributed by atoms with Crippen molar-refractivity contribution in [3.63, 3.8) is 0 Å². The van der Waals surface area contributed by atoms with E-state index in [1.54, 1.807) is 0 Å². The van der Waals surface area contributed by atoms with Crippen molar-refractivity contribution in [3.8, 4) is 0 Å². The van der Waals surface area contributed by atoms with Crippen LogP contribution in [0.15, 0.2) is 170 Å². The average molecular weight is 643 g/mol. The molecule has 0 N–H and O–H groups in total. The Morgan fingerprint density at radius 1 is 0.348 bits per heavy atom. The largest absolute Gasteiger partial charge is 0.374 e. The molecule has 0 heterocycles. The van der Waals surface area contributed by atoms with E-state index in [1.807, 2.05) is 170 Å². The summed E-state index contributed by atoms with van der Waals surface area (Å²) >= 11 is 0. The van der Waals surface area contributed by atoms with E-state index in [1.165, 1.54) is 0 Å². The molecule has 6 aromatic carbocycles. The van der Waals surface area contributed by atoms with Crippen molar-refractivity contribution >= 4 is 46.1 Å². The van der Waals surface area contributed by atoms with E-state index in [9.17, 15) is 9.13 Å². The molecule has 6 rings (SSSR count). The smallest absolute Gasteiger partial charge is 0.171 e. The van der Waals surface area contributed by atoms with Crippen molar-refractivity contribution in [1.82, 2.24) is 0 Å². The highest BCUT2D eigenvalue weighted by molar-refractivity contribution is 7.85. The maximum atomic E-state index is 14.9. The molecule has 0 atom stereocenters. The Hall–Kier alpha value is -4.30. The molecule has 6 aromatic rings. The van der Waals surface area contributed by atoms with Gasteiger partial charge in [-0.2, -0.15) is 0 Å². The van der Waals surface area contributed by atoms with Gasteiger partial charge in [-0.1, -0.05) is 170 Å². The molecular weight excluding hydrogens is 606 g/mol. The Labute approximate surface area is 271 Å². The molecule has 6 heteroatoms. The summed E-state index contributed by atoms with van der Waals surface area (Å²) in [6, 6.07) is 54.3. The van der Waals surface area contributed by atoms with Gasteiger partial charge in [0, 0.05) is 31.8 Å². The zero-order chi connectivity index (χ0) is 31.7. The molecule has 46 heavy (non-hydrogen) atoms. The van der Waals surface area contributed by atoms with Gasteiger partial charge in [-0.25, -0.2) is 0 Å². The van der Waals surface area contributed by atoms with Crippen LogP contribution < -0.4 is 31.8 Å². The lowest BCUT2D eigenvalue weighted by Crippen LogP contribution is -2.28. The molecule has 0 bridgehead atoms. The van der Waals surface area contributed by atoms with Crippen molar-refractivity contribution in [2.45, 2.75) is 13.2 Å². The summed E-state index contributed by atoms with van der Waals surface area (Å²) in [5, 5.41) is 4.72. The lowest BCUT2D eigenvalue weighted by Gasteiger charge is -2.23. The second kappa shape index (κ2) is 14.9. The summed E-state index contributed by atoms with van der Waals surface area (Å²) in [5.74, 6) is 0. The maximum Gasteiger partial charge on any atom is 0.171 e. The number of benzene rings is 6. The first-order valence-electron chi connectivity index (χ1n) is 15.4. The standard InChI is InChI=1S/C40H36O4P2/c41-45(35-19-5-1-6-20-35,36-21-7-2-8-22-36)39-27-15-13-17-33(39)31-43-29-30-44-32-34-18-14-16-28-40(34)46(42,37-23-9-3-10-24-37)38-25-11-4-12-26-38/h1-28H,29-32H2. The average Bonchev–Trinajstić information content (AvgIpc) is 3.14. The van der Waals surface area contributed by atoms with Crippen LogP contribution in [0.25, 0.3) is 0 Å². The van der Waals surface area contributed by atoms with Gasteiger partial charge in [-0.3, -0.25) is 0 Å². The quantitative estimate of drug-likeness (QED) is 0.104. The van der Waals surface area contributed by atoms with E-state index < -0.39 is 14.3 Å². The van der Waals surface area contributed by atoms with Gasteiger partial charge >= 0.3 is 0 Å². The topological polar surface area (TPSA) is 52.6 Å². The summed E-state index contributed by atoms with van der Waals surface area (Å²) < 4.78 is 42.1. The minimum absolute atomic E-state index is 0.303. The van der Waals surface area contributed by atoms with Gasteiger partial charge in [0.1, 0.15) is 0 Å². The van der Waals surface area contributed by atoms with E-state index in [2.05, 4.69) is 0 Å². The van der Waals surface area contributed by atoms with Crippen LogP contribution in [0.5, 0.6) is 0 Å². The molecule has 0 amide bonds. The van der Waals surface area contributed by atoms with Crippen molar-refractivity contribution < 1.29 is 18.6 Å². The predicted molar refractivity (Wildman–Crippen MR) is 191 cm³/mol. The van der Waals surface area contributed by atoms with Gasteiger partial charge in [0.15, 0.2) is 14.3 Å². The molecule has 0 aliphatic carbocycles. The highest BCUT2D eigenvalue weighted by Crippen LogP contribution is 2.44. The van der Waals surface area contributed by atoms with E-state index in [0.29, 0.717) is 26.4 Å². The van der Waals surface area contributed by atoms with Crippen molar-refractivity contribution in [1.29, 1.82) is 0 Å². The van der Waals surface area contributed by atoms with Crippen molar-refractivity contribution in [2.24, 2.45) is 0 Å². The summed E-state index contributed by atoms with van der Waals surface area (Å²) in [6.45, 7) is 1.31. The molecule has 0 aliphatic heterocycles. The predicted octanol–water partition coefficient (Wildman–Crippen LogP) is 6.70. The first kappa shape index (κ1) is 31.7. The third-order valence-electron chi connectivity index (χ3n) is 8.03. The molecule has 0 spiro atoms. The molecule has 0 saturated carbocycles. The molecule has 0 aliphatic rings. The Kier molecular flexibility index (Phi) is 10.2. The second-order valence-corrected chi connectivity index (χ2v) is 16.4. The van der Waals surface area contributed by atoms with Gasteiger partial charge in [0.25, 0.3) is 0 Å². The van der Waals surface area contributed by atoms with Crippen LogP contribution in [0.1, 0.15) is 11.1 Å². The van der Waals surface area contributed by atoms with Crippen LogP contribution in [-0.2, 0) is 31.8 Å². The summed E-state index contributed by atoms with van der Waals surface area (Å²) in [5.41, 5.74) is 1.77. The zero-order valence-corrected chi connectivity index (χ0v) is 27.3. The van der Waals surface area contributed by atoms with Crippen LogP contribution in [0, 0.1) is 0 Å². The van der Waals surface area contributed by atoms with Gasteiger partial charge in [-0.05, 0) is 11.1 Å². The summed E-state index contributed by atoms with van der Waals surface area (Å²) in [7, 11) is -6.25. The monoisotopic (exact) mass is 642 g/mol. The lowest BCUT2D eigenvalue weighted by molar-refractivity contribution is 0.0343. The third-order valence-corrected chi connectivity index (χ3v) is 14.4. The molecule has 230 valence electrons. The molecule has 0 aromatic heterocycles. The lowest BCUT2D eigenvalue weighted by atomic mass is 10.2. The summed E-state index contributed by atoms with van der Waals surface area (Å²) in [4.78, 5) is 0. The Morgan fingerprint density at radius 3 is 0.913 bits per heavy atom. The second-order valence-electron chi connectivity index (χ2n) is 10.9. The van der Waals surface area contributed by atoms with Crippen LogP contribution in [0.4, 0.5) is 0 Å². The molecule has 4 nitrogen and oxygen atoms in total. The highest BCUT2D eigenvalue weighted by atomic mass is 31.2. The molecule has 0 saturated heterocycles. The first-order chi connectivity index (χ1) is 22.6. The van der Waals surface area contributed by atoms with Crippen LogP contribution in [-0.4, -0.2) is 13.2 Å². The zero-order valence-electron chi connectivity index (χ0n) is 25.5. The van der Waals surface area contributed by atoms with Gasteiger partial charge in [0.2, 0.25) is 0 Å². The number of hydrogen-bond acceptors (Lipinski definition) is 4. The Balaban J connectivity index is 1.16. The SMILES string of the molecule is O=P(c1ccccc1)(c1ccccc1)c1ccccc1COCCOCc1ccccc1P(=O)(c1ccccc1)c1ccccc1. The van der Waals surface area contributed by atoms with Crippen molar-refractivity contribution in [2.75, 3.05) is 13.2 Å². The fraction of sp³-hybridized carbons (Fsp3) is 0.100.